The van der Waals surface area contributed by atoms with Crippen LogP contribution in [-0.4, -0.2) is 87.1 Å². The van der Waals surface area contributed by atoms with Crippen molar-refractivity contribution in [2.24, 2.45) is 0 Å². The van der Waals surface area contributed by atoms with E-state index in [1.807, 2.05) is 19.1 Å². The standard InChI is InChI=1S/C31H37FN8O3.C3H6/c1-3-42-30(41)35-20-7-4-10-39(17-20)28-23-15-33-26(21-13-19(2)14-24-22(21)16-34-38-24)25(32)27(23)36-29(37-28)43-18-31-8-5-11-40(31)12-6-9-31;1-2-3-1/h13-16,20H,3-12,17-18H2,1-2H3,(H,34,38)(H,35,41);1-3H2. The molecular formula is C34H43FN8O3. The fourth-order valence-electron chi connectivity index (χ4n) is 7.19. The smallest absolute Gasteiger partial charge is 0.407 e. The molecule has 4 fully saturated rings. The van der Waals surface area contributed by atoms with E-state index in [0.717, 1.165) is 68.1 Å². The Morgan fingerprint density at radius 1 is 1.07 bits per heavy atom. The first-order chi connectivity index (χ1) is 22.4. The van der Waals surface area contributed by atoms with Gasteiger partial charge in [0.05, 0.1) is 29.2 Å². The predicted molar refractivity (Wildman–Crippen MR) is 175 cm³/mol. The Hall–Kier alpha value is -4.06. The molecule has 0 radical (unpaired) electrons. The Labute approximate surface area is 268 Å². The van der Waals surface area contributed by atoms with E-state index in [1.54, 1.807) is 19.3 Å². The van der Waals surface area contributed by atoms with Crippen molar-refractivity contribution in [3.8, 4) is 17.3 Å². The Balaban J connectivity index is 0.00000107. The SMILES string of the molecule is C1CC1.CCOC(=O)NC1CCCN(c2nc(OCC34CCCN3CCC4)nc3c(F)c(-c4cc(C)cc5[nH]ncc45)ncc23)C1. The highest BCUT2D eigenvalue weighted by molar-refractivity contribution is 5.98. The zero-order valence-corrected chi connectivity index (χ0v) is 26.8. The number of hydrogen-bond donors (Lipinski definition) is 2. The topological polar surface area (TPSA) is 121 Å². The number of ether oxygens (including phenoxy) is 2. The van der Waals surface area contributed by atoms with E-state index in [4.69, 9.17) is 14.5 Å². The number of alkyl carbamates (subject to hydrolysis) is 1. The van der Waals surface area contributed by atoms with Gasteiger partial charge in [-0.25, -0.2) is 9.18 Å². The molecule has 3 aliphatic heterocycles. The molecule has 12 heteroatoms. The summed E-state index contributed by atoms with van der Waals surface area (Å²) in [6.45, 7) is 7.87. The molecule has 3 aromatic heterocycles. The van der Waals surface area contributed by atoms with Crippen molar-refractivity contribution in [1.82, 2.24) is 35.4 Å². The normalized spacial score (nSPS) is 20.3. The van der Waals surface area contributed by atoms with Gasteiger partial charge in [0.1, 0.15) is 23.6 Å². The van der Waals surface area contributed by atoms with Crippen LogP contribution in [0.4, 0.5) is 15.0 Å². The summed E-state index contributed by atoms with van der Waals surface area (Å²) in [4.78, 5) is 30.9. The van der Waals surface area contributed by atoms with Gasteiger partial charge in [0.2, 0.25) is 0 Å². The van der Waals surface area contributed by atoms with Gasteiger partial charge >= 0.3 is 12.1 Å². The number of fused-ring (bicyclic) bond motifs is 3. The molecule has 46 heavy (non-hydrogen) atoms. The third-order valence-electron chi connectivity index (χ3n) is 9.55. The highest BCUT2D eigenvalue weighted by Gasteiger charge is 2.45. The summed E-state index contributed by atoms with van der Waals surface area (Å²) in [6, 6.07) is 3.91. The van der Waals surface area contributed by atoms with E-state index in [9.17, 15) is 4.79 Å². The first-order valence-corrected chi connectivity index (χ1v) is 16.8. The molecule has 1 amide bonds. The zero-order valence-electron chi connectivity index (χ0n) is 26.8. The van der Waals surface area contributed by atoms with Gasteiger partial charge in [-0.2, -0.15) is 15.1 Å². The largest absolute Gasteiger partial charge is 0.461 e. The lowest BCUT2D eigenvalue weighted by Gasteiger charge is -2.34. The predicted octanol–water partition coefficient (Wildman–Crippen LogP) is 5.91. The number of benzene rings is 1. The number of pyridine rings is 1. The van der Waals surface area contributed by atoms with Crippen molar-refractivity contribution in [3.63, 3.8) is 0 Å². The van der Waals surface area contributed by atoms with Crippen LogP contribution in [0, 0.1) is 12.7 Å². The van der Waals surface area contributed by atoms with Gasteiger partial charge in [0, 0.05) is 36.3 Å². The summed E-state index contributed by atoms with van der Waals surface area (Å²) in [5.41, 5.74) is 2.79. The average molecular weight is 631 g/mol. The third-order valence-corrected chi connectivity index (χ3v) is 9.55. The lowest BCUT2D eigenvalue weighted by molar-refractivity contribution is 0.108. The molecule has 1 aliphatic carbocycles. The van der Waals surface area contributed by atoms with Gasteiger partial charge in [-0.15, -0.1) is 0 Å². The Morgan fingerprint density at radius 3 is 2.63 bits per heavy atom. The molecule has 1 atom stereocenters. The fourth-order valence-corrected chi connectivity index (χ4v) is 7.19. The van der Waals surface area contributed by atoms with E-state index in [-0.39, 0.29) is 28.8 Å². The van der Waals surface area contributed by atoms with Gasteiger partial charge < -0.3 is 19.7 Å². The highest BCUT2D eigenvalue weighted by Crippen LogP contribution is 2.40. The van der Waals surface area contributed by atoms with Crippen LogP contribution < -0.4 is 15.0 Å². The van der Waals surface area contributed by atoms with Crippen molar-refractivity contribution >= 4 is 33.7 Å². The lowest BCUT2D eigenvalue weighted by atomic mass is 9.95. The molecule has 4 aliphatic rings. The lowest BCUT2D eigenvalue weighted by Crippen LogP contribution is -2.48. The molecule has 0 spiro atoms. The molecule has 1 saturated carbocycles. The molecule has 2 N–H and O–H groups in total. The summed E-state index contributed by atoms with van der Waals surface area (Å²) in [7, 11) is 0. The van der Waals surface area contributed by atoms with Crippen LogP contribution in [0.1, 0.15) is 70.3 Å². The van der Waals surface area contributed by atoms with Gasteiger partial charge in [0.15, 0.2) is 5.82 Å². The van der Waals surface area contributed by atoms with Crippen molar-refractivity contribution in [2.75, 3.05) is 44.3 Å². The van der Waals surface area contributed by atoms with E-state index in [2.05, 4.69) is 35.3 Å². The molecule has 1 unspecified atom stereocenters. The number of nitrogens with one attached hydrogen (secondary N) is 2. The fraction of sp³-hybridized carbons (Fsp3) is 0.559. The van der Waals surface area contributed by atoms with E-state index in [0.29, 0.717) is 43.1 Å². The van der Waals surface area contributed by atoms with Crippen LogP contribution in [-0.2, 0) is 4.74 Å². The van der Waals surface area contributed by atoms with Crippen LogP contribution in [0.15, 0.2) is 24.5 Å². The molecule has 1 aromatic carbocycles. The molecule has 3 saturated heterocycles. The number of aryl methyl sites for hydroxylation is 1. The van der Waals surface area contributed by atoms with Crippen LogP contribution >= 0.6 is 0 Å². The number of hydrogen-bond acceptors (Lipinski definition) is 9. The number of aromatic amines is 1. The van der Waals surface area contributed by atoms with Crippen LogP contribution in [0.2, 0.25) is 0 Å². The molecule has 6 heterocycles. The Kier molecular flexibility index (Phi) is 8.63. The molecule has 4 aromatic rings. The zero-order chi connectivity index (χ0) is 31.7. The average Bonchev–Trinajstić information content (AvgIpc) is 3.62. The highest BCUT2D eigenvalue weighted by atomic mass is 19.1. The monoisotopic (exact) mass is 630 g/mol. The van der Waals surface area contributed by atoms with Gasteiger partial charge in [-0.1, -0.05) is 19.3 Å². The summed E-state index contributed by atoms with van der Waals surface area (Å²) in [6.07, 6.45) is 13.5. The summed E-state index contributed by atoms with van der Waals surface area (Å²) < 4.78 is 28.1. The number of carbonyl (C=O) groups is 1. The van der Waals surface area contributed by atoms with Crippen molar-refractivity contribution < 1.29 is 18.7 Å². The first-order valence-electron chi connectivity index (χ1n) is 16.8. The van der Waals surface area contributed by atoms with Crippen LogP contribution in [0.3, 0.4) is 0 Å². The van der Waals surface area contributed by atoms with Crippen molar-refractivity contribution in [3.05, 3.63) is 35.9 Å². The van der Waals surface area contributed by atoms with Gasteiger partial charge in [-0.3, -0.25) is 15.0 Å². The molecular weight excluding hydrogens is 587 g/mol. The Morgan fingerprint density at radius 2 is 1.87 bits per heavy atom. The van der Waals surface area contributed by atoms with Crippen LogP contribution in [0.5, 0.6) is 6.01 Å². The number of halogens is 1. The quantitative estimate of drug-likeness (QED) is 0.257. The maximum absolute atomic E-state index is 16.6. The number of piperidine rings is 1. The minimum Gasteiger partial charge on any atom is -0.461 e. The van der Waals surface area contributed by atoms with E-state index < -0.39 is 11.9 Å². The minimum absolute atomic E-state index is 0.00530. The number of rotatable bonds is 7. The number of aromatic nitrogens is 5. The summed E-state index contributed by atoms with van der Waals surface area (Å²) in [5, 5.41) is 11.4. The van der Waals surface area contributed by atoms with E-state index in [1.165, 1.54) is 19.3 Å². The number of H-pyrrole nitrogens is 1. The molecule has 8 rings (SSSR count). The van der Waals surface area contributed by atoms with Crippen molar-refractivity contribution in [2.45, 2.75) is 83.2 Å². The van der Waals surface area contributed by atoms with Crippen molar-refractivity contribution in [1.29, 1.82) is 0 Å². The second kappa shape index (κ2) is 13.0. The number of anilines is 1. The van der Waals surface area contributed by atoms with Gasteiger partial charge in [0.25, 0.3) is 0 Å². The summed E-state index contributed by atoms with van der Waals surface area (Å²) >= 11 is 0. The number of carbonyl (C=O) groups excluding carboxylic acids is 1. The second-order valence-corrected chi connectivity index (χ2v) is 13.1. The molecule has 244 valence electrons. The minimum atomic E-state index is -0.529. The molecule has 0 bridgehead atoms. The number of nitrogens with zero attached hydrogens (tertiary/aromatic N) is 6. The first kappa shape index (κ1) is 30.6. The third kappa shape index (κ3) is 6.19. The number of amides is 1. The van der Waals surface area contributed by atoms with Crippen LogP contribution in [0.25, 0.3) is 33.1 Å². The Bertz CT molecular complexity index is 1710. The van der Waals surface area contributed by atoms with Gasteiger partial charge in [-0.05, 0) is 83.2 Å². The molecule has 11 nitrogen and oxygen atoms in total. The maximum Gasteiger partial charge on any atom is 0.407 e. The second-order valence-electron chi connectivity index (χ2n) is 13.1. The maximum atomic E-state index is 16.6. The summed E-state index contributed by atoms with van der Waals surface area (Å²) in [5.74, 6) is 0.0250. The van der Waals surface area contributed by atoms with E-state index >= 15 is 4.39 Å².